The molecule has 1 aromatic carbocycles. The second kappa shape index (κ2) is 4.23. The van der Waals surface area contributed by atoms with Crippen LogP contribution in [-0.4, -0.2) is 14.7 Å². The topological polar surface area (TPSA) is 87.0 Å². The number of anilines is 1. The maximum Gasteiger partial charge on any atom is 0.331 e. The van der Waals surface area contributed by atoms with Gasteiger partial charge in [-0.3, -0.25) is 10.1 Å². The average molecular weight is 273 g/mol. The lowest BCUT2D eigenvalue weighted by Crippen LogP contribution is -2.03. The highest BCUT2D eigenvalue weighted by atomic mass is 35.5. The van der Waals surface area contributed by atoms with Crippen LogP contribution in [0, 0.1) is 10.1 Å². The second-order valence-corrected chi connectivity index (χ2v) is 4.02. The van der Waals surface area contributed by atoms with Crippen LogP contribution >= 0.6 is 23.2 Å². The number of rotatable bonds is 2. The number of halogens is 2. The van der Waals surface area contributed by atoms with Crippen LogP contribution < -0.4 is 5.73 Å². The van der Waals surface area contributed by atoms with Crippen LogP contribution in [0.15, 0.2) is 24.4 Å². The molecule has 6 nitrogen and oxygen atoms in total. The summed E-state index contributed by atoms with van der Waals surface area (Å²) < 4.78 is 1.19. The van der Waals surface area contributed by atoms with Crippen LogP contribution in [0.5, 0.6) is 0 Å². The van der Waals surface area contributed by atoms with Crippen molar-refractivity contribution in [1.29, 1.82) is 0 Å². The first-order valence-electron chi connectivity index (χ1n) is 4.44. The van der Waals surface area contributed by atoms with Gasteiger partial charge in [0.2, 0.25) is 5.82 Å². The minimum Gasteiger partial charge on any atom is -0.378 e. The van der Waals surface area contributed by atoms with Crippen molar-refractivity contribution in [2.45, 2.75) is 0 Å². The smallest absolute Gasteiger partial charge is 0.331 e. The van der Waals surface area contributed by atoms with Crippen molar-refractivity contribution in [3.8, 4) is 5.69 Å². The van der Waals surface area contributed by atoms with Gasteiger partial charge in [-0.1, -0.05) is 23.2 Å². The molecule has 8 heteroatoms. The van der Waals surface area contributed by atoms with Gasteiger partial charge in [0.05, 0.1) is 15.6 Å². The van der Waals surface area contributed by atoms with Crippen LogP contribution in [0.1, 0.15) is 0 Å². The molecule has 0 saturated carbocycles. The van der Waals surface area contributed by atoms with Crippen molar-refractivity contribution in [2.75, 3.05) is 5.73 Å². The normalized spacial score (nSPS) is 10.5. The average Bonchev–Trinajstić information content (AvgIpc) is 2.60. The molecular formula is C9H6Cl2N4O2. The van der Waals surface area contributed by atoms with Crippen LogP contribution in [0.4, 0.5) is 11.5 Å². The Morgan fingerprint density at radius 2 is 2.12 bits per heavy atom. The van der Waals surface area contributed by atoms with E-state index in [1.165, 1.54) is 10.7 Å². The molecule has 0 spiro atoms. The summed E-state index contributed by atoms with van der Waals surface area (Å²) in [5.74, 6) is -0.0841. The van der Waals surface area contributed by atoms with Gasteiger partial charge in [-0.2, -0.15) is 5.10 Å². The van der Waals surface area contributed by atoms with E-state index in [9.17, 15) is 10.1 Å². The molecule has 0 radical (unpaired) electrons. The van der Waals surface area contributed by atoms with Gasteiger partial charge in [-0.05, 0) is 18.2 Å². The first-order valence-corrected chi connectivity index (χ1v) is 5.19. The number of hydrogen-bond donors (Lipinski definition) is 1. The lowest BCUT2D eigenvalue weighted by molar-refractivity contribution is -0.383. The molecule has 2 rings (SSSR count). The molecule has 2 aromatic rings. The number of nitro groups is 1. The summed E-state index contributed by atoms with van der Waals surface area (Å²) in [7, 11) is 0. The number of aromatic nitrogens is 2. The SMILES string of the molecule is Nc1c([N+](=O)[O-])cnn1-c1ccc(Cl)cc1Cl. The molecule has 0 aliphatic heterocycles. The van der Waals surface area contributed by atoms with Gasteiger partial charge >= 0.3 is 5.69 Å². The van der Waals surface area contributed by atoms with Crippen molar-refractivity contribution in [3.05, 3.63) is 44.6 Å². The maximum absolute atomic E-state index is 10.6. The molecule has 0 saturated heterocycles. The van der Waals surface area contributed by atoms with Crippen LogP contribution in [0.25, 0.3) is 5.69 Å². The summed E-state index contributed by atoms with van der Waals surface area (Å²) in [6.07, 6.45) is 1.07. The summed E-state index contributed by atoms with van der Waals surface area (Å²) in [6, 6.07) is 4.68. The highest BCUT2D eigenvalue weighted by molar-refractivity contribution is 6.35. The minimum absolute atomic E-state index is 0.0841. The fraction of sp³-hybridized carbons (Fsp3) is 0. The fourth-order valence-electron chi connectivity index (χ4n) is 1.33. The summed E-state index contributed by atoms with van der Waals surface area (Å²) >= 11 is 11.7. The molecule has 1 aromatic heterocycles. The number of hydrogen-bond acceptors (Lipinski definition) is 4. The zero-order chi connectivity index (χ0) is 12.6. The lowest BCUT2D eigenvalue weighted by atomic mass is 10.3. The maximum atomic E-state index is 10.6. The van der Waals surface area contributed by atoms with E-state index in [-0.39, 0.29) is 11.5 Å². The van der Waals surface area contributed by atoms with Crippen molar-refractivity contribution >= 4 is 34.7 Å². The first kappa shape index (κ1) is 11.7. The van der Waals surface area contributed by atoms with Gasteiger partial charge in [0.1, 0.15) is 6.20 Å². The van der Waals surface area contributed by atoms with Gasteiger partial charge in [0.15, 0.2) is 0 Å². The van der Waals surface area contributed by atoms with Gasteiger partial charge in [-0.15, -0.1) is 0 Å². The van der Waals surface area contributed by atoms with Crippen LogP contribution in [0.2, 0.25) is 10.0 Å². The Bertz CT molecular complexity index is 597. The number of benzene rings is 1. The standard InChI is InChI=1S/C9H6Cl2N4O2/c10-5-1-2-7(6(11)3-5)14-9(12)8(4-13-14)15(16)17/h1-4H,12H2. The summed E-state index contributed by atoms with van der Waals surface area (Å²) in [6.45, 7) is 0. The molecule has 88 valence electrons. The molecule has 2 N–H and O–H groups in total. The molecule has 0 amide bonds. The van der Waals surface area contributed by atoms with Crippen molar-refractivity contribution in [1.82, 2.24) is 9.78 Å². The van der Waals surface area contributed by atoms with Gasteiger partial charge < -0.3 is 5.73 Å². The molecule has 0 atom stereocenters. The van der Waals surface area contributed by atoms with E-state index in [1.807, 2.05) is 0 Å². The van der Waals surface area contributed by atoms with Crippen molar-refractivity contribution < 1.29 is 4.92 Å². The lowest BCUT2D eigenvalue weighted by Gasteiger charge is -2.05. The van der Waals surface area contributed by atoms with E-state index < -0.39 is 4.92 Å². The van der Waals surface area contributed by atoms with E-state index >= 15 is 0 Å². The third-order valence-corrected chi connectivity index (χ3v) is 2.66. The third kappa shape index (κ3) is 2.04. The molecule has 0 unspecified atom stereocenters. The molecular weight excluding hydrogens is 267 g/mol. The van der Waals surface area contributed by atoms with E-state index in [0.29, 0.717) is 15.7 Å². The van der Waals surface area contributed by atoms with Crippen LogP contribution in [0.3, 0.4) is 0 Å². The highest BCUT2D eigenvalue weighted by Gasteiger charge is 2.19. The van der Waals surface area contributed by atoms with Crippen LogP contribution in [-0.2, 0) is 0 Å². The molecule has 17 heavy (non-hydrogen) atoms. The molecule has 0 bridgehead atoms. The fourth-order valence-corrected chi connectivity index (χ4v) is 1.82. The summed E-state index contributed by atoms with van der Waals surface area (Å²) in [5.41, 5.74) is 5.77. The highest BCUT2D eigenvalue weighted by Crippen LogP contribution is 2.29. The molecule has 0 aliphatic rings. The monoisotopic (exact) mass is 272 g/mol. The zero-order valence-corrected chi connectivity index (χ0v) is 9.81. The summed E-state index contributed by atoms with van der Waals surface area (Å²) in [4.78, 5) is 10.0. The number of nitrogen functional groups attached to an aromatic ring is 1. The molecule has 0 fully saturated rings. The van der Waals surface area contributed by atoms with E-state index in [1.54, 1.807) is 12.1 Å². The first-order chi connectivity index (χ1) is 8.00. The largest absolute Gasteiger partial charge is 0.378 e. The van der Waals surface area contributed by atoms with Gasteiger partial charge in [0, 0.05) is 5.02 Å². The Balaban J connectivity index is 2.57. The Morgan fingerprint density at radius 1 is 1.41 bits per heavy atom. The Morgan fingerprint density at radius 3 is 2.65 bits per heavy atom. The Hall–Kier alpha value is -1.79. The van der Waals surface area contributed by atoms with E-state index in [0.717, 1.165) is 6.20 Å². The quantitative estimate of drug-likeness (QED) is 0.673. The van der Waals surface area contributed by atoms with E-state index in [4.69, 9.17) is 28.9 Å². The molecule has 1 heterocycles. The molecule has 0 aliphatic carbocycles. The predicted octanol–water partition coefficient (Wildman–Crippen LogP) is 2.67. The van der Waals surface area contributed by atoms with Crippen molar-refractivity contribution in [2.24, 2.45) is 0 Å². The van der Waals surface area contributed by atoms with Crippen molar-refractivity contribution in [3.63, 3.8) is 0 Å². The second-order valence-electron chi connectivity index (χ2n) is 3.18. The zero-order valence-electron chi connectivity index (χ0n) is 8.30. The minimum atomic E-state index is -0.608. The number of nitrogens with two attached hydrogens (primary N) is 1. The van der Waals surface area contributed by atoms with Gasteiger partial charge in [-0.25, -0.2) is 4.68 Å². The van der Waals surface area contributed by atoms with E-state index in [2.05, 4.69) is 5.10 Å². The summed E-state index contributed by atoms with van der Waals surface area (Å²) in [5, 5.41) is 15.2. The number of nitrogens with zero attached hydrogens (tertiary/aromatic N) is 3. The predicted molar refractivity (Wildman–Crippen MR) is 64.7 cm³/mol. The Kier molecular flexibility index (Phi) is 2.91. The van der Waals surface area contributed by atoms with Gasteiger partial charge in [0.25, 0.3) is 0 Å². The Labute approximate surface area is 106 Å². The third-order valence-electron chi connectivity index (χ3n) is 2.12.